The van der Waals surface area contributed by atoms with Gasteiger partial charge in [-0.1, -0.05) is 41.0 Å². The van der Waals surface area contributed by atoms with Crippen LogP contribution in [0.1, 0.15) is 98.8 Å². The molecule has 4 unspecified atom stereocenters. The monoisotopic (exact) mass is 362 g/mol. The van der Waals surface area contributed by atoms with E-state index in [1.54, 1.807) is 0 Å². The molecule has 4 atom stereocenters. The van der Waals surface area contributed by atoms with Crippen molar-refractivity contribution in [1.29, 1.82) is 0 Å². The molecule has 26 heavy (non-hydrogen) atoms. The Bertz CT molecular complexity index is 477. The van der Waals surface area contributed by atoms with E-state index in [0.717, 1.165) is 18.1 Å². The van der Waals surface area contributed by atoms with E-state index in [0.29, 0.717) is 16.2 Å². The van der Waals surface area contributed by atoms with E-state index in [2.05, 4.69) is 58.5 Å². The molecule has 0 aromatic rings. The van der Waals surface area contributed by atoms with Gasteiger partial charge in [-0.05, 0) is 94.7 Å². The molecule has 0 aromatic carbocycles. The van der Waals surface area contributed by atoms with Crippen LogP contribution >= 0.6 is 0 Å². The lowest BCUT2D eigenvalue weighted by atomic mass is 9.64. The van der Waals surface area contributed by atoms with Crippen molar-refractivity contribution in [3.05, 3.63) is 0 Å². The maximum atomic E-state index is 2.75. The normalized spacial score (nSPS) is 37.3. The van der Waals surface area contributed by atoms with Crippen LogP contribution in [0.15, 0.2) is 0 Å². The highest BCUT2D eigenvalue weighted by Gasteiger charge is 2.49. The molecule has 1 saturated carbocycles. The van der Waals surface area contributed by atoms with Crippen LogP contribution in [0.5, 0.6) is 0 Å². The summed E-state index contributed by atoms with van der Waals surface area (Å²) in [4.78, 5) is 5.46. The molecule has 0 bridgehead atoms. The summed E-state index contributed by atoms with van der Waals surface area (Å²) in [7, 11) is 4.80. The molecule has 2 aliphatic heterocycles. The molecule has 0 radical (unpaired) electrons. The summed E-state index contributed by atoms with van der Waals surface area (Å²) in [5.41, 5.74) is 1.54. The first-order valence-corrected chi connectivity index (χ1v) is 11.4. The van der Waals surface area contributed by atoms with Gasteiger partial charge in [-0.25, -0.2) is 0 Å². The number of hydrogen-bond donors (Lipinski definition) is 0. The quantitative estimate of drug-likeness (QED) is 0.595. The van der Waals surface area contributed by atoms with Crippen LogP contribution in [0.2, 0.25) is 0 Å². The fourth-order valence-corrected chi connectivity index (χ4v) is 7.18. The molecule has 2 heterocycles. The summed E-state index contributed by atoms with van der Waals surface area (Å²) in [6, 6.07) is 2.47. The van der Waals surface area contributed by atoms with Crippen LogP contribution in [-0.4, -0.2) is 48.6 Å². The van der Waals surface area contributed by atoms with E-state index < -0.39 is 0 Å². The Morgan fingerprint density at radius 1 is 0.846 bits per heavy atom. The Labute approximate surface area is 164 Å². The van der Waals surface area contributed by atoms with Gasteiger partial charge in [0, 0.05) is 18.1 Å². The van der Waals surface area contributed by atoms with E-state index >= 15 is 0 Å². The Morgan fingerprint density at radius 3 is 2.12 bits per heavy atom. The van der Waals surface area contributed by atoms with Crippen LogP contribution in [-0.2, 0) is 0 Å². The molecule has 2 heteroatoms. The molecule has 2 nitrogen and oxygen atoms in total. The summed E-state index contributed by atoms with van der Waals surface area (Å²) in [5, 5.41) is 0. The summed E-state index contributed by atoms with van der Waals surface area (Å²) in [6.45, 7) is 13.7. The molecule has 3 rings (SSSR count). The zero-order valence-corrected chi connectivity index (χ0v) is 18.9. The topological polar surface area (TPSA) is 6.48 Å². The fraction of sp³-hybridized carbons (Fsp3) is 1.00. The van der Waals surface area contributed by atoms with Crippen molar-refractivity contribution in [2.24, 2.45) is 16.2 Å². The minimum atomic E-state index is 0.450. The number of fused-ring (bicyclic) bond motifs is 1. The molecule has 1 aliphatic carbocycles. The molecule has 3 fully saturated rings. The smallest absolute Gasteiger partial charge is 0.0149 e. The maximum Gasteiger partial charge on any atom is 0.0149 e. The fourth-order valence-electron chi connectivity index (χ4n) is 7.18. The third kappa shape index (κ3) is 4.49. The molecule has 0 spiro atoms. The molecular formula is C24H46N2. The SMILES string of the molecule is CN1CCCC2(CC(C)(C)CC3CCC(CC(C)(C)C)N3C)CCCC12. The molecule has 0 amide bonds. The zero-order valence-electron chi connectivity index (χ0n) is 18.9. The van der Waals surface area contributed by atoms with Gasteiger partial charge in [-0.15, -0.1) is 0 Å². The largest absolute Gasteiger partial charge is 0.303 e. The number of likely N-dealkylation sites (tertiary alicyclic amines) is 2. The first-order chi connectivity index (χ1) is 12.0. The molecule has 0 aromatic heterocycles. The zero-order chi connectivity index (χ0) is 19.2. The minimum Gasteiger partial charge on any atom is -0.303 e. The van der Waals surface area contributed by atoms with E-state index in [9.17, 15) is 0 Å². The summed E-state index contributed by atoms with van der Waals surface area (Å²) in [6.07, 6.45) is 14.3. The van der Waals surface area contributed by atoms with Crippen molar-refractivity contribution in [2.75, 3.05) is 20.6 Å². The third-order valence-electron chi connectivity index (χ3n) is 8.03. The van der Waals surface area contributed by atoms with E-state index in [1.807, 2.05) is 0 Å². The van der Waals surface area contributed by atoms with Crippen molar-refractivity contribution in [3.63, 3.8) is 0 Å². The van der Waals surface area contributed by atoms with Crippen molar-refractivity contribution < 1.29 is 0 Å². The molecule has 0 N–H and O–H groups in total. The average Bonchev–Trinajstić information content (AvgIpc) is 3.04. The molecular weight excluding hydrogens is 316 g/mol. The number of piperidine rings is 1. The van der Waals surface area contributed by atoms with Gasteiger partial charge in [0.1, 0.15) is 0 Å². The first kappa shape index (κ1) is 20.6. The highest BCUT2D eigenvalue weighted by molar-refractivity contribution is 5.03. The highest BCUT2D eigenvalue weighted by atomic mass is 15.2. The number of nitrogens with zero attached hydrogens (tertiary/aromatic N) is 2. The van der Waals surface area contributed by atoms with Gasteiger partial charge in [0.2, 0.25) is 0 Å². The van der Waals surface area contributed by atoms with Crippen LogP contribution in [0.25, 0.3) is 0 Å². The number of rotatable bonds is 5. The second-order valence-corrected chi connectivity index (χ2v) is 12.2. The summed E-state index contributed by atoms with van der Waals surface area (Å²) < 4.78 is 0. The predicted molar refractivity (Wildman–Crippen MR) is 114 cm³/mol. The lowest BCUT2D eigenvalue weighted by Crippen LogP contribution is -2.49. The van der Waals surface area contributed by atoms with Crippen LogP contribution in [0.3, 0.4) is 0 Å². The Balaban J connectivity index is 1.62. The van der Waals surface area contributed by atoms with Crippen molar-refractivity contribution in [2.45, 2.75) is 117 Å². The Morgan fingerprint density at radius 2 is 1.46 bits per heavy atom. The van der Waals surface area contributed by atoms with Gasteiger partial charge < -0.3 is 9.80 Å². The first-order valence-electron chi connectivity index (χ1n) is 11.4. The van der Waals surface area contributed by atoms with Gasteiger partial charge >= 0.3 is 0 Å². The van der Waals surface area contributed by atoms with Gasteiger partial charge in [0.15, 0.2) is 0 Å². The van der Waals surface area contributed by atoms with Gasteiger partial charge in [0.25, 0.3) is 0 Å². The van der Waals surface area contributed by atoms with Crippen molar-refractivity contribution in [3.8, 4) is 0 Å². The lowest BCUT2D eigenvalue weighted by Gasteiger charge is -2.49. The Kier molecular flexibility index (Phi) is 5.87. The second kappa shape index (κ2) is 7.39. The number of hydrogen-bond acceptors (Lipinski definition) is 2. The van der Waals surface area contributed by atoms with Crippen LogP contribution < -0.4 is 0 Å². The molecule has 3 aliphatic rings. The van der Waals surface area contributed by atoms with E-state index in [1.165, 1.54) is 70.8 Å². The summed E-state index contributed by atoms with van der Waals surface area (Å²) in [5.74, 6) is 0. The van der Waals surface area contributed by atoms with Crippen molar-refractivity contribution in [1.82, 2.24) is 9.80 Å². The average molecular weight is 363 g/mol. The third-order valence-corrected chi connectivity index (χ3v) is 8.03. The van der Waals surface area contributed by atoms with Crippen molar-refractivity contribution >= 4 is 0 Å². The molecule has 2 saturated heterocycles. The van der Waals surface area contributed by atoms with E-state index in [-0.39, 0.29) is 0 Å². The van der Waals surface area contributed by atoms with Crippen LogP contribution in [0.4, 0.5) is 0 Å². The second-order valence-electron chi connectivity index (χ2n) is 12.2. The van der Waals surface area contributed by atoms with Gasteiger partial charge in [-0.3, -0.25) is 0 Å². The highest BCUT2D eigenvalue weighted by Crippen LogP contribution is 2.54. The van der Waals surface area contributed by atoms with Gasteiger partial charge in [0.05, 0.1) is 0 Å². The van der Waals surface area contributed by atoms with Gasteiger partial charge in [-0.2, -0.15) is 0 Å². The Hall–Kier alpha value is -0.0800. The standard InChI is InChI=1S/C24H46N2/c1-22(2,3)16-19-11-12-20(26(19)7)17-23(4,5)18-24-13-8-10-21(24)25(6)15-9-14-24/h19-21H,8-18H2,1-7H3. The lowest BCUT2D eigenvalue weighted by molar-refractivity contribution is 0.00971. The minimum absolute atomic E-state index is 0.450. The van der Waals surface area contributed by atoms with E-state index in [4.69, 9.17) is 0 Å². The predicted octanol–water partition coefficient (Wildman–Crippen LogP) is 5.96. The molecule has 152 valence electrons. The van der Waals surface area contributed by atoms with Crippen LogP contribution in [0, 0.1) is 16.2 Å². The maximum absolute atomic E-state index is 2.75. The summed E-state index contributed by atoms with van der Waals surface area (Å²) >= 11 is 0.